The zero-order valence-electron chi connectivity index (χ0n) is 23.5. The molecule has 1 aromatic heterocycles. The third-order valence-corrected chi connectivity index (χ3v) is 9.88. The molecule has 1 unspecified atom stereocenters. The first-order valence-electron chi connectivity index (χ1n) is 13.6. The fourth-order valence-electron chi connectivity index (χ4n) is 4.28. The Kier molecular flexibility index (Phi) is 10.2. The lowest BCUT2D eigenvalue weighted by Crippen LogP contribution is -2.44. The minimum absolute atomic E-state index is 0.0348. The second kappa shape index (κ2) is 14.3. The van der Waals surface area contributed by atoms with Crippen molar-refractivity contribution in [1.29, 1.82) is 0 Å². The number of sulfone groups is 1. The average Bonchev–Trinajstić information content (AvgIpc) is 3.43. The van der Waals surface area contributed by atoms with E-state index in [0.29, 0.717) is 28.1 Å². The molecule has 5 rings (SSSR count). The lowest BCUT2D eigenvalue weighted by Gasteiger charge is -2.17. The van der Waals surface area contributed by atoms with Gasteiger partial charge >= 0.3 is 5.97 Å². The predicted molar refractivity (Wildman–Crippen MR) is 173 cm³/mol. The number of aromatic nitrogens is 1. The Balaban J connectivity index is 1.11. The molecule has 0 aliphatic heterocycles. The molecule has 0 radical (unpaired) electrons. The van der Waals surface area contributed by atoms with Crippen molar-refractivity contribution >= 4 is 66.5 Å². The smallest absolute Gasteiger partial charge is 0.366 e. The number of ether oxygens (including phenoxy) is 2. The summed E-state index contributed by atoms with van der Waals surface area (Å²) in [5.74, 6) is -1.81. The van der Waals surface area contributed by atoms with Gasteiger partial charge in [-0.15, -0.1) is 0 Å². The largest absolute Gasteiger partial charge is 0.477 e. The van der Waals surface area contributed by atoms with Gasteiger partial charge in [-0.3, -0.25) is 4.79 Å². The molecule has 0 spiro atoms. The van der Waals surface area contributed by atoms with Crippen LogP contribution in [-0.2, 0) is 27.7 Å². The molecule has 1 heterocycles. The van der Waals surface area contributed by atoms with Crippen LogP contribution in [0.25, 0.3) is 10.2 Å². The highest BCUT2D eigenvalue weighted by atomic mass is 35.5. The molecule has 0 fully saturated rings. The van der Waals surface area contributed by atoms with Crippen molar-refractivity contribution in [3.05, 3.63) is 118 Å². The van der Waals surface area contributed by atoms with E-state index in [1.54, 1.807) is 60.7 Å². The van der Waals surface area contributed by atoms with Crippen molar-refractivity contribution in [2.45, 2.75) is 30.6 Å². The van der Waals surface area contributed by atoms with E-state index in [9.17, 15) is 23.1 Å². The molecule has 5 aromatic rings. The van der Waals surface area contributed by atoms with Gasteiger partial charge in [0, 0.05) is 15.6 Å². The van der Waals surface area contributed by atoms with Crippen LogP contribution in [0.3, 0.4) is 0 Å². The molecule has 4 aromatic carbocycles. The second-order valence-corrected chi connectivity index (χ2v) is 13.9. The summed E-state index contributed by atoms with van der Waals surface area (Å²) in [5.41, 5.74) is 2.63. The highest BCUT2D eigenvalue weighted by Crippen LogP contribution is 2.30. The minimum atomic E-state index is -3.44. The first-order valence-corrected chi connectivity index (χ1v) is 16.8. The van der Waals surface area contributed by atoms with Gasteiger partial charge in [0.25, 0.3) is 17.3 Å². The Morgan fingerprint density at radius 1 is 0.889 bits per heavy atom. The Morgan fingerprint density at radius 2 is 1.56 bits per heavy atom. The van der Waals surface area contributed by atoms with E-state index in [1.807, 2.05) is 6.07 Å². The number of nitrogens with zero attached hydrogens (tertiary/aromatic N) is 1. The van der Waals surface area contributed by atoms with Gasteiger partial charge in [0.1, 0.15) is 12.4 Å². The van der Waals surface area contributed by atoms with Crippen molar-refractivity contribution in [3.63, 3.8) is 0 Å². The van der Waals surface area contributed by atoms with E-state index in [1.165, 1.54) is 35.6 Å². The van der Waals surface area contributed by atoms with Crippen molar-refractivity contribution in [2.75, 3.05) is 5.75 Å². The summed E-state index contributed by atoms with van der Waals surface area (Å²) >= 11 is 13.2. The second-order valence-electron chi connectivity index (χ2n) is 9.91. The summed E-state index contributed by atoms with van der Waals surface area (Å²) in [6.07, 6.45) is -0.757. The summed E-state index contributed by atoms with van der Waals surface area (Å²) in [5, 5.41) is 13.6. The van der Waals surface area contributed by atoms with Gasteiger partial charge in [-0.1, -0.05) is 58.8 Å². The molecular formula is C32H26Cl2N2O7S2. The van der Waals surface area contributed by atoms with Crippen LogP contribution >= 0.6 is 34.5 Å². The number of nitrogens with one attached hydrogen (secondary N) is 1. The molecule has 232 valence electrons. The third-order valence-electron chi connectivity index (χ3n) is 6.62. The van der Waals surface area contributed by atoms with Crippen LogP contribution in [0, 0.1) is 0 Å². The SMILES string of the molecule is O=C(NC(Oc1ccc(CCCS(=O)(=O)c2ccc(Cl)cc2)cc1)C(=O)O)c1ccc(COc2nc3cc(Cl)ccc3s2)cc1. The average molecular weight is 686 g/mol. The quantitative estimate of drug-likeness (QED) is 0.129. The highest BCUT2D eigenvalue weighted by molar-refractivity contribution is 7.91. The number of carboxylic acid groups (broad SMARTS) is 1. The Hall–Kier alpha value is -4.16. The van der Waals surface area contributed by atoms with Crippen LogP contribution in [0.15, 0.2) is 95.9 Å². The van der Waals surface area contributed by atoms with Crippen molar-refractivity contribution in [3.8, 4) is 10.9 Å². The summed E-state index contributed by atoms with van der Waals surface area (Å²) in [7, 11) is -3.44. The normalized spacial score (nSPS) is 12.0. The van der Waals surface area contributed by atoms with Crippen LogP contribution in [0.2, 0.25) is 10.0 Å². The zero-order chi connectivity index (χ0) is 32.0. The van der Waals surface area contributed by atoms with Crippen LogP contribution in [0.4, 0.5) is 0 Å². The van der Waals surface area contributed by atoms with Crippen LogP contribution in [0.1, 0.15) is 27.9 Å². The molecule has 2 N–H and O–H groups in total. The number of aliphatic carboxylic acids is 1. The zero-order valence-corrected chi connectivity index (χ0v) is 26.6. The van der Waals surface area contributed by atoms with E-state index >= 15 is 0 Å². The van der Waals surface area contributed by atoms with E-state index in [0.717, 1.165) is 21.3 Å². The van der Waals surface area contributed by atoms with E-state index in [4.69, 9.17) is 32.7 Å². The van der Waals surface area contributed by atoms with E-state index in [2.05, 4.69) is 10.3 Å². The number of halogens is 2. The molecule has 1 amide bonds. The van der Waals surface area contributed by atoms with E-state index < -0.39 is 27.9 Å². The fraction of sp³-hybridized carbons (Fsp3) is 0.156. The lowest BCUT2D eigenvalue weighted by molar-refractivity contribution is -0.146. The summed E-state index contributed by atoms with van der Waals surface area (Å²) < 4.78 is 37.3. The number of aryl methyl sites for hydroxylation is 1. The third kappa shape index (κ3) is 8.73. The first-order chi connectivity index (χ1) is 21.6. The molecule has 1 atom stereocenters. The maximum absolute atomic E-state index is 12.8. The molecule has 0 bridgehead atoms. The molecule has 0 saturated heterocycles. The van der Waals surface area contributed by atoms with Crippen molar-refractivity contribution in [2.24, 2.45) is 0 Å². The summed E-state index contributed by atoms with van der Waals surface area (Å²) in [6.45, 7) is 0.227. The molecular weight excluding hydrogens is 659 g/mol. The van der Waals surface area contributed by atoms with Gasteiger partial charge in [-0.25, -0.2) is 18.2 Å². The Bertz CT molecular complexity index is 1910. The van der Waals surface area contributed by atoms with Crippen molar-refractivity contribution < 1.29 is 32.6 Å². The Labute approximate surface area is 273 Å². The number of benzene rings is 4. The number of hydrogen-bond acceptors (Lipinski definition) is 8. The highest BCUT2D eigenvalue weighted by Gasteiger charge is 2.23. The number of carboxylic acids is 1. The van der Waals surface area contributed by atoms with Crippen LogP contribution in [-0.4, -0.2) is 42.4 Å². The molecule has 0 saturated carbocycles. The topological polar surface area (TPSA) is 132 Å². The maximum atomic E-state index is 12.8. The van der Waals surface area contributed by atoms with Crippen LogP contribution in [0.5, 0.6) is 10.9 Å². The lowest BCUT2D eigenvalue weighted by atomic mass is 10.1. The fourth-order valence-corrected chi connectivity index (χ4v) is 6.68. The number of amides is 1. The molecule has 45 heavy (non-hydrogen) atoms. The van der Waals surface area contributed by atoms with Gasteiger partial charge in [0.2, 0.25) is 0 Å². The maximum Gasteiger partial charge on any atom is 0.366 e. The minimum Gasteiger partial charge on any atom is -0.477 e. The summed E-state index contributed by atoms with van der Waals surface area (Å²) in [6, 6.07) is 24.6. The first kappa shape index (κ1) is 32.2. The number of rotatable bonds is 13. The molecule has 0 aliphatic carbocycles. The number of thiazole rings is 1. The molecule has 13 heteroatoms. The predicted octanol–water partition coefficient (Wildman–Crippen LogP) is 6.81. The van der Waals surface area contributed by atoms with Crippen molar-refractivity contribution in [1.82, 2.24) is 10.3 Å². The van der Waals surface area contributed by atoms with Gasteiger partial charge in [0.05, 0.1) is 20.9 Å². The standard InChI is InChI=1S/C32H26Cl2N2O7S2/c33-23-9-14-26(15-10-23)45(40,41)17-1-2-20-5-12-25(13-6-20)43-30(31(38)39)36-29(37)22-7-3-21(4-8-22)19-42-32-35-27-18-24(34)11-16-28(27)44-32/h3-16,18,30H,1-2,17,19H2,(H,36,37)(H,38,39). The summed E-state index contributed by atoms with van der Waals surface area (Å²) in [4.78, 5) is 29.2. The van der Waals surface area contributed by atoms with Gasteiger partial charge < -0.3 is 19.9 Å². The van der Waals surface area contributed by atoms with Gasteiger partial charge in [-0.05, 0) is 90.7 Å². The molecule has 0 aliphatic rings. The Morgan fingerprint density at radius 3 is 2.24 bits per heavy atom. The number of hydrogen-bond donors (Lipinski definition) is 2. The number of carbonyl (C=O) groups is 2. The monoisotopic (exact) mass is 684 g/mol. The molecule has 9 nitrogen and oxygen atoms in total. The van der Waals surface area contributed by atoms with Gasteiger partial charge in [0.15, 0.2) is 9.84 Å². The number of fused-ring (bicyclic) bond motifs is 1. The van der Waals surface area contributed by atoms with Gasteiger partial charge in [-0.2, -0.15) is 0 Å². The number of carbonyl (C=O) groups excluding carboxylic acids is 1. The van der Waals surface area contributed by atoms with E-state index in [-0.39, 0.29) is 28.6 Å². The van der Waals surface area contributed by atoms with Crippen LogP contribution < -0.4 is 14.8 Å².